The Balaban J connectivity index is 1.52. The highest BCUT2D eigenvalue weighted by atomic mass is 16.5. The minimum atomic E-state index is -0.190. The maximum absolute atomic E-state index is 12.6. The summed E-state index contributed by atoms with van der Waals surface area (Å²) in [6.45, 7) is 4.02. The van der Waals surface area contributed by atoms with Crippen LogP contribution in [0.3, 0.4) is 0 Å². The number of hydrogen-bond acceptors (Lipinski definition) is 4. The van der Waals surface area contributed by atoms with Crippen LogP contribution in [0.2, 0.25) is 0 Å². The van der Waals surface area contributed by atoms with Crippen LogP contribution in [-0.4, -0.2) is 50.2 Å². The molecule has 2 aromatic rings. The summed E-state index contributed by atoms with van der Waals surface area (Å²) in [6.07, 6.45) is 0. The zero-order chi connectivity index (χ0) is 19.9. The second-order valence-electron chi connectivity index (χ2n) is 6.41. The molecule has 1 N–H and O–H groups in total. The average Bonchev–Trinajstić information content (AvgIpc) is 3.07. The molecule has 148 valence electrons. The van der Waals surface area contributed by atoms with Crippen molar-refractivity contribution in [2.24, 2.45) is 0 Å². The molecule has 0 aromatic heterocycles. The van der Waals surface area contributed by atoms with Crippen LogP contribution in [0, 0.1) is 0 Å². The van der Waals surface area contributed by atoms with Crippen molar-refractivity contribution in [3.8, 4) is 11.5 Å². The third-order valence-corrected chi connectivity index (χ3v) is 4.51. The van der Waals surface area contributed by atoms with Crippen molar-refractivity contribution in [3.05, 3.63) is 54.1 Å². The summed E-state index contributed by atoms with van der Waals surface area (Å²) in [6, 6.07) is 14.7. The van der Waals surface area contributed by atoms with Crippen molar-refractivity contribution in [1.29, 1.82) is 0 Å². The van der Waals surface area contributed by atoms with Crippen molar-refractivity contribution in [2.45, 2.75) is 13.5 Å². The van der Waals surface area contributed by atoms with Crippen LogP contribution in [0.1, 0.15) is 12.5 Å². The van der Waals surface area contributed by atoms with Crippen LogP contribution in [0.15, 0.2) is 48.5 Å². The fourth-order valence-electron chi connectivity index (χ4n) is 3.07. The zero-order valence-corrected chi connectivity index (χ0v) is 16.2. The molecule has 3 rings (SSSR count). The molecule has 0 aliphatic carbocycles. The van der Waals surface area contributed by atoms with E-state index < -0.39 is 0 Å². The quantitative estimate of drug-likeness (QED) is 0.761. The number of nitrogens with zero attached hydrogens (tertiary/aromatic N) is 2. The second kappa shape index (κ2) is 9.12. The number of carbonyl (C=O) groups excluding carboxylic acids is 2. The smallest absolute Gasteiger partial charge is 0.325 e. The Morgan fingerprint density at radius 3 is 2.61 bits per heavy atom. The molecule has 0 radical (unpaired) electrons. The fraction of sp³-hybridized carbons (Fsp3) is 0.333. The molecule has 1 saturated heterocycles. The van der Waals surface area contributed by atoms with E-state index in [0.29, 0.717) is 26.2 Å². The highest BCUT2D eigenvalue weighted by Crippen LogP contribution is 2.23. The van der Waals surface area contributed by atoms with Gasteiger partial charge in [-0.15, -0.1) is 0 Å². The molecule has 7 heteroatoms. The predicted molar refractivity (Wildman–Crippen MR) is 107 cm³/mol. The molecule has 1 fully saturated rings. The van der Waals surface area contributed by atoms with Crippen molar-refractivity contribution < 1.29 is 19.1 Å². The molecule has 7 nitrogen and oxygen atoms in total. The first-order valence-electron chi connectivity index (χ1n) is 9.29. The van der Waals surface area contributed by atoms with Crippen molar-refractivity contribution in [3.63, 3.8) is 0 Å². The summed E-state index contributed by atoms with van der Waals surface area (Å²) < 4.78 is 10.6. The first kappa shape index (κ1) is 19.5. The van der Waals surface area contributed by atoms with Crippen LogP contribution in [-0.2, 0) is 11.3 Å². The normalized spacial score (nSPS) is 13.6. The molecule has 0 atom stereocenters. The number of ether oxygens (including phenoxy) is 2. The Morgan fingerprint density at radius 1 is 1.11 bits per heavy atom. The van der Waals surface area contributed by atoms with Crippen LogP contribution in [0.5, 0.6) is 11.5 Å². The van der Waals surface area contributed by atoms with E-state index in [9.17, 15) is 9.59 Å². The van der Waals surface area contributed by atoms with Gasteiger partial charge in [-0.1, -0.05) is 12.1 Å². The van der Waals surface area contributed by atoms with E-state index in [1.807, 2.05) is 55.5 Å². The Kier molecular flexibility index (Phi) is 6.37. The van der Waals surface area contributed by atoms with Crippen LogP contribution in [0.4, 0.5) is 10.5 Å². The zero-order valence-electron chi connectivity index (χ0n) is 16.2. The summed E-state index contributed by atoms with van der Waals surface area (Å²) in [5, 5.41) is 2.85. The van der Waals surface area contributed by atoms with Gasteiger partial charge in [0.25, 0.3) is 0 Å². The van der Waals surface area contributed by atoms with E-state index in [1.54, 1.807) is 16.9 Å². The maximum atomic E-state index is 12.6. The standard InChI is InChI=1S/C21H25N3O4/c1-3-28-18-9-7-17(8-10-18)24-12-11-23(21(24)26)15-20(25)22-14-16-5-4-6-19(13-16)27-2/h4-10,13H,3,11-12,14-15H2,1-2H3,(H,22,25). The first-order valence-corrected chi connectivity index (χ1v) is 9.29. The number of rotatable bonds is 8. The minimum Gasteiger partial charge on any atom is -0.497 e. The number of urea groups is 1. The largest absolute Gasteiger partial charge is 0.497 e. The molecule has 0 saturated carbocycles. The lowest BCUT2D eigenvalue weighted by molar-refractivity contribution is -0.121. The van der Waals surface area contributed by atoms with Gasteiger partial charge in [0, 0.05) is 25.3 Å². The van der Waals surface area contributed by atoms with E-state index in [-0.39, 0.29) is 18.5 Å². The molecule has 28 heavy (non-hydrogen) atoms. The lowest BCUT2D eigenvalue weighted by Crippen LogP contribution is -2.39. The molecule has 0 spiro atoms. The van der Waals surface area contributed by atoms with Gasteiger partial charge in [0.2, 0.25) is 5.91 Å². The molecular weight excluding hydrogens is 358 g/mol. The van der Waals surface area contributed by atoms with E-state index in [2.05, 4.69) is 5.32 Å². The number of carbonyl (C=O) groups is 2. The van der Waals surface area contributed by atoms with Gasteiger partial charge in [-0.25, -0.2) is 4.79 Å². The number of methoxy groups -OCH3 is 1. The first-order chi connectivity index (χ1) is 13.6. The highest BCUT2D eigenvalue weighted by molar-refractivity contribution is 5.96. The molecule has 1 aliphatic rings. The summed E-state index contributed by atoms with van der Waals surface area (Å²) >= 11 is 0. The number of amides is 3. The SMILES string of the molecule is CCOc1ccc(N2CCN(CC(=O)NCc3cccc(OC)c3)C2=O)cc1. The third kappa shape index (κ3) is 4.73. The Bertz CT molecular complexity index is 823. The van der Waals surface area contributed by atoms with E-state index in [4.69, 9.17) is 9.47 Å². The fourth-order valence-corrected chi connectivity index (χ4v) is 3.07. The summed E-state index contributed by atoms with van der Waals surface area (Å²) in [4.78, 5) is 28.1. The van der Waals surface area contributed by atoms with Gasteiger partial charge >= 0.3 is 6.03 Å². The average molecular weight is 383 g/mol. The Hall–Kier alpha value is -3.22. The van der Waals surface area contributed by atoms with Crippen molar-refractivity contribution in [2.75, 3.05) is 38.3 Å². The Morgan fingerprint density at radius 2 is 1.89 bits per heavy atom. The van der Waals surface area contributed by atoms with Gasteiger partial charge in [0.05, 0.1) is 13.7 Å². The van der Waals surface area contributed by atoms with Crippen molar-refractivity contribution >= 4 is 17.6 Å². The topological polar surface area (TPSA) is 71.1 Å². The van der Waals surface area contributed by atoms with Gasteiger partial charge in [0.15, 0.2) is 0 Å². The van der Waals surface area contributed by atoms with E-state index in [0.717, 1.165) is 22.7 Å². The van der Waals surface area contributed by atoms with Crippen molar-refractivity contribution in [1.82, 2.24) is 10.2 Å². The summed E-state index contributed by atoms with van der Waals surface area (Å²) in [7, 11) is 1.60. The summed E-state index contributed by atoms with van der Waals surface area (Å²) in [5.74, 6) is 1.32. The van der Waals surface area contributed by atoms with Gasteiger partial charge in [-0.3, -0.25) is 9.69 Å². The second-order valence-corrected chi connectivity index (χ2v) is 6.41. The number of benzene rings is 2. The van der Waals surface area contributed by atoms with Gasteiger partial charge < -0.3 is 19.7 Å². The maximum Gasteiger partial charge on any atom is 0.325 e. The third-order valence-electron chi connectivity index (χ3n) is 4.51. The minimum absolute atomic E-state index is 0.0380. The van der Waals surface area contributed by atoms with E-state index in [1.165, 1.54) is 0 Å². The predicted octanol–water partition coefficient (Wildman–Crippen LogP) is 2.65. The van der Waals surface area contributed by atoms with Crippen LogP contribution >= 0.6 is 0 Å². The number of anilines is 1. The van der Waals surface area contributed by atoms with E-state index >= 15 is 0 Å². The van der Waals surface area contributed by atoms with Gasteiger partial charge in [-0.05, 0) is 48.9 Å². The number of nitrogens with one attached hydrogen (secondary N) is 1. The molecule has 1 heterocycles. The molecule has 3 amide bonds. The van der Waals surface area contributed by atoms with Gasteiger partial charge in [-0.2, -0.15) is 0 Å². The lowest BCUT2D eigenvalue weighted by Gasteiger charge is -2.19. The molecule has 1 aliphatic heterocycles. The number of hydrogen-bond donors (Lipinski definition) is 1. The highest BCUT2D eigenvalue weighted by Gasteiger charge is 2.30. The molecular formula is C21H25N3O4. The van der Waals surface area contributed by atoms with Crippen LogP contribution < -0.4 is 19.7 Å². The molecule has 2 aromatic carbocycles. The van der Waals surface area contributed by atoms with Crippen LogP contribution in [0.25, 0.3) is 0 Å². The summed E-state index contributed by atoms with van der Waals surface area (Å²) in [5.41, 5.74) is 1.74. The Labute approximate surface area is 164 Å². The molecule has 0 bridgehead atoms. The monoisotopic (exact) mass is 383 g/mol. The molecule has 0 unspecified atom stereocenters. The van der Waals surface area contributed by atoms with Gasteiger partial charge in [0.1, 0.15) is 18.0 Å². The lowest BCUT2D eigenvalue weighted by atomic mass is 10.2.